The molecule has 2 atom stereocenters. The van der Waals surface area contributed by atoms with Gasteiger partial charge in [0.05, 0.1) is 11.6 Å². The first-order valence-corrected chi connectivity index (χ1v) is 14.7. The van der Waals surface area contributed by atoms with E-state index in [0.717, 1.165) is 5.56 Å². The Kier molecular flexibility index (Phi) is 11.0. The van der Waals surface area contributed by atoms with Crippen molar-refractivity contribution >= 4 is 31.2 Å². The predicted molar refractivity (Wildman–Crippen MR) is 156 cm³/mol. The van der Waals surface area contributed by atoms with E-state index in [1.54, 1.807) is 6.07 Å². The van der Waals surface area contributed by atoms with E-state index < -0.39 is 37.6 Å². The Balaban J connectivity index is 1.84. The summed E-state index contributed by atoms with van der Waals surface area (Å²) in [5.41, 5.74) is 2.70. The fourth-order valence-electron chi connectivity index (χ4n) is 4.13. The maximum atomic E-state index is 13.6. The van der Waals surface area contributed by atoms with E-state index in [1.807, 2.05) is 45.0 Å². The molecule has 5 N–H and O–H groups in total. The number of nitrogens with one attached hydrogen (secondary N) is 3. The van der Waals surface area contributed by atoms with Crippen molar-refractivity contribution < 1.29 is 33.3 Å². The molecule has 0 saturated heterocycles. The van der Waals surface area contributed by atoms with Crippen LogP contribution in [0.1, 0.15) is 47.3 Å². The minimum Gasteiger partial charge on any atom is -0.404 e. The largest absolute Gasteiger partial charge is 0.524 e. The summed E-state index contributed by atoms with van der Waals surface area (Å²) in [5.74, 6) is -1.58. The second kappa shape index (κ2) is 14.4. The molecule has 0 heterocycles. The quantitative estimate of drug-likeness (QED) is 0.197. The third-order valence-corrected chi connectivity index (χ3v) is 6.56. The number of hydrogen-bond acceptors (Lipinski definition) is 6. The van der Waals surface area contributed by atoms with Crippen LogP contribution in [0, 0.1) is 24.2 Å². The molecule has 0 spiro atoms. The SMILES string of the molecule is Cc1cccc(NC(=O)C(CC(C)C)NC(=O)C(Cc2ccc(OP(=O)(O)O)cc2)NC(=O)c2ccc(C#N)cc2)c1. The van der Waals surface area contributed by atoms with Crippen LogP contribution in [-0.2, 0) is 20.6 Å². The first kappa shape index (κ1) is 32.0. The molecule has 0 bridgehead atoms. The fourth-order valence-corrected chi connectivity index (χ4v) is 4.53. The number of phosphoric acid groups is 1. The van der Waals surface area contributed by atoms with E-state index in [1.165, 1.54) is 48.5 Å². The van der Waals surface area contributed by atoms with Crippen molar-refractivity contribution in [2.75, 3.05) is 5.32 Å². The Morgan fingerprint density at radius 3 is 2.17 bits per heavy atom. The number of hydrogen-bond donors (Lipinski definition) is 5. The highest BCUT2D eigenvalue weighted by Gasteiger charge is 2.28. The van der Waals surface area contributed by atoms with Gasteiger partial charge in [-0.15, -0.1) is 0 Å². The van der Waals surface area contributed by atoms with Gasteiger partial charge in [0.2, 0.25) is 11.8 Å². The van der Waals surface area contributed by atoms with Gasteiger partial charge in [0.25, 0.3) is 5.91 Å². The van der Waals surface area contributed by atoms with Gasteiger partial charge in [-0.2, -0.15) is 5.26 Å². The van der Waals surface area contributed by atoms with Crippen molar-refractivity contribution in [3.8, 4) is 11.8 Å². The van der Waals surface area contributed by atoms with E-state index in [4.69, 9.17) is 15.0 Å². The molecule has 12 heteroatoms. The topological polar surface area (TPSA) is 178 Å². The Morgan fingerprint density at radius 2 is 1.60 bits per heavy atom. The number of phosphoric ester groups is 1. The highest BCUT2D eigenvalue weighted by molar-refractivity contribution is 7.46. The van der Waals surface area contributed by atoms with Crippen molar-refractivity contribution in [1.82, 2.24) is 10.6 Å². The summed E-state index contributed by atoms with van der Waals surface area (Å²) in [7, 11) is -4.75. The molecule has 0 aliphatic rings. The predicted octanol–water partition coefficient (Wildman–Crippen LogP) is 3.85. The smallest absolute Gasteiger partial charge is 0.404 e. The molecule has 0 radical (unpaired) electrons. The van der Waals surface area contributed by atoms with Gasteiger partial charge in [-0.05, 0) is 78.9 Å². The zero-order valence-corrected chi connectivity index (χ0v) is 24.3. The highest BCUT2D eigenvalue weighted by atomic mass is 31.2. The minimum absolute atomic E-state index is 0.00204. The van der Waals surface area contributed by atoms with Gasteiger partial charge in [0.15, 0.2) is 0 Å². The van der Waals surface area contributed by atoms with Crippen molar-refractivity contribution in [3.63, 3.8) is 0 Å². The number of carbonyl (C=O) groups is 3. The number of benzene rings is 3. The normalized spacial score (nSPS) is 12.5. The maximum Gasteiger partial charge on any atom is 0.524 e. The van der Waals surface area contributed by atoms with Crippen LogP contribution in [0.25, 0.3) is 0 Å². The summed E-state index contributed by atoms with van der Waals surface area (Å²) in [5, 5.41) is 17.4. The summed E-state index contributed by atoms with van der Waals surface area (Å²) in [6.07, 6.45) is 0.339. The van der Waals surface area contributed by atoms with Crippen molar-refractivity contribution in [1.29, 1.82) is 5.26 Å². The Hall–Kier alpha value is -4.49. The minimum atomic E-state index is -4.75. The van der Waals surface area contributed by atoms with Gasteiger partial charge in [-0.1, -0.05) is 38.1 Å². The number of nitriles is 1. The Bertz CT molecular complexity index is 1500. The average molecular weight is 593 g/mol. The van der Waals surface area contributed by atoms with E-state index >= 15 is 0 Å². The van der Waals surface area contributed by atoms with Gasteiger partial charge >= 0.3 is 7.82 Å². The van der Waals surface area contributed by atoms with Crippen molar-refractivity contribution in [2.45, 2.75) is 45.7 Å². The van der Waals surface area contributed by atoms with Crippen LogP contribution in [-0.4, -0.2) is 39.6 Å². The van der Waals surface area contributed by atoms with Crippen LogP contribution in [0.5, 0.6) is 5.75 Å². The average Bonchev–Trinajstić information content (AvgIpc) is 2.92. The first-order chi connectivity index (χ1) is 19.8. The number of carbonyl (C=O) groups excluding carboxylic acids is 3. The fraction of sp³-hybridized carbons (Fsp3) is 0.267. The lowest BCUT2D eigenvalue weighted by atomic mass is 10.0. The molecule has 3 aromatic rings. The number of anilines is 1. The van der Waals surface area contributed by atoms with E-state index in [9.17, 15) is 18.9 Å². The molecule has 42 heavy (non-hydrogen) atoms. The standard InChI is InChI=1S/C30H33N4O7P/c1-19(2)15-26(29(36)32-24-6-4-5-20(3)16-24)34-30(37)27(33-28(35)23-11-7-22(18-31)8-12-23)17-21-9-13-25(14-10-21)41-42(38,39)40/h4-14,16,19,26-27H,15,17H2,1-3H3,(H,32,36)(H,33,35)(H,34,37)(H2,38,39,40). The molecule has 0 aliphatic carbocycles. The lowest BCUT2D eigenvalue weighted by molar-refractivity contribution is -0.128. The zero-order chi connectivity index (χ0) is 30.9. The van der Waals surface area contributed by atoms with Crippen LogP contribution in [0.4, 0.5) is 5.69 Å². The summed E-state index contributed by atoms with van der Waals surface area (Å²) in [4.78, 5) is 57.9. The van der Waals surface area contributed by atoms with Gasteiger partial charge in [-0.25, -0.2) is 4.57 Å². The van der Waals surface area contributed by atoms with E-state index in [0.29, 0.717) is 23.2 Å². The van der Waals surface area contributed by atoms with Gasteiger partial charge in [-0.3, -0.25) is 24.2 Å². The third kappa shape index (κ3) is 10.2. The number of amides is 3. The molecule has 0 saturated carbocycles. The van der Waals surface area contributed by atoms with E-state index in [2.05, 4.69) is 20.5 Å². The van der Waals surface area contributed by atoms with Gasteiger partial charge in [0, 0.05) is 17.7 Å². The molecule has 0 aliphatic heterocycles. The van der Waals surface area contributed by atoms with Crippen molar-refractivity contribution in [3.05, 3.63) is 95.1 Å². The zero-order valence-electron chi connectivity index (χ0n) is 23.4. The summed E-state index contributed by atoms with van der Waals surface area (Å²) < 4.78 is 15.7. The highest BCUT2D eigenvalue weighted by Crippen LogP contribution is 2.37. The van der Waals surface area contributed by atoms with Crippen LogP contribution in [0.3, 0.4) is 0 Å². The Labute approximate surface area is 244 Å². The van der Waals surface area contributed by atoms with Crippen LogP contribution < -0.4 is 20.5 Å². The lowest BCUT2D eigenvalue weighted by Crippen LogP contribution is -2.53. The molecular weight excluding hydrogens is 559 g/mol. The molecule has 3 rings (SSSR count). The van der Waals surface area contributed by atoms with E-state index in [-0.39, 0.29) is 23.7 Å². The molecule has 0 fully saturated rings. The first-order valence-electron chi connectivity index (χ1n) is 13.2. The molecule has 220 valence electrons. The van der Waals surface area contributed by atoms with Crippen molar-refractivity contribution in [2.24, 2.45) is 5.92 Å². The lowest BCUT2D eigenvalue weighted by Gasteiger charge is -2.24. The summed E-state index contributed by atoms with van der Waals surface area (Å²) in [6, 6.07) is 18.8. The second-order valence-electron chi connectivity index (χ2n) is 10.2. The second-order valence-corrected chi connectivity index (χ2v) is 11.4. The summed E-state index contributed by atoms with van der Waals surface area (Å²) >= 11 is 0. The molecule has 3 amide bonds. The monoisotopic (exact) mass is 592 g/mol. The van der Waals surface area contributed by atoms with Crippen LogP contribution >= 0.6 is 7.82 Å². The van der Waals surface area contributed by atoms with Gasteiger partial charge < -0.3 is 20.5 Å². The third-order valence-electron chi connectivity index (χ3n) is 6.11. The number of aryl methyl sites for hydroxylation is 1. The molecule has 3 aromatic carbocycles. The Morgan fingerprint density at radius 1 is 0.929 bits per heavy atom. The maximum absolute atomic E-state index is 13.6. The number of nitrogens with zero attached hydrogens (tertiary/aromatic N) is 1. The summed E-state index contributed by atoms with van der Waals surface area (Å²) in [6.45, 7) is 5.74. The molecule has 11 nitrogen and oxygen atoms in total. The molecule has 0 aromatic heterocycles. The molecule has 2 unspecified atom stereocenters. The van der Waals surface area contributed by atoms with Crippen LogP contribution in [0.15, 0.2) is 72.8 Å². The molecular formula is C30H33N4O7P. The van der Waals surface area contributed by atoms with Gasteiger partial charge in [0.1, 0.15) is 17.8 Å². The van der Waals surface area contributed by atoms with Crippen LogP contribution in [0.2, 0.25) is 0 Å². The number of rotatable bonds is 12.